The second kappa shape index (κ2) is 10.3. The summed E-state index contributed by atoms with van der Waals surface area (Å²) < 4.78 is 0. The number of carbonyl (C=O) groups is 1. The van der Waals surface area contributed by atoms with Crippen molar-refractivity contribution in [2.75, 3.05) is 25.0 Å². The summed E-state index contributed by atoms with van der Waals surface area (Å²) in [7, 11) is 2.16. The van der Waals surface area contributed by atoms with Crippen LogP contribution in [0.15, 0.2) is 72.9 Å². The fourth-order valence-corrected chi connectivity index (χ4v) is 4.95. The molecule has 1 aliphatic heterocycles. The van der Waals surface area contributed by atoms with Crippen LogP contribution in [0, 0.1) is 0 Å². The van der Waals surface area contributed by atoms with Crippen LogP contribution < -0.4 is 4.90 Å². The first-order chi connectivity index (χ1) is 15.9. The monoisotopic (exact) mass is 481 g/mol. The van der Waals surface area contributed by atoms with E-state index in [2.05, 4.69) is 54.2 Å². The molecule has 1 saturated heterocycles. The predicted octanol–water partition coefficient (Wildman–Crippen LogP) is 6.54. The number of benzene rings is 2. The standard InChI is InChI=1S/C27H29Cl2N3O/c1-20(21-8-4-3-5-9-21)31(2)17-15-27(22-11-12-23(28)24(29)18-22)14-13-26(33)32(19-27)25-10-6-7-16-30-25/h3-12,16,18,20H,13-15,17,19H2,1-2H3. The van der Waals surface area contributed by atoms with Gasteiger partial charge in [0, 0.05) is 30.6 Å². The lowest BCUT2D eigenvalue weighted by molar-refractivity contribution is -0.120. The van der Waals surface area contributed by atoms with Gasteiger partial charge in [-0.1, -0.05) is 65.7 Å². The molecule has 1 fully saturated rings. The molecule has 172 valence electrons. The Labute approximate surface area is 206 Å². The smallest absolute Gasteiger partial charge is 0.228 e. The van der Waals surface area contributed by atoms with Gasteiger partial charge in [0.2, 0.25) is 5.91 Å². The number of rotatable bonds is 7. The van der Waals surface area contributed by atoms with E-state index in [4.69, 9.17) is 23.2 Å². The van der Waals surface area contributed by atoms with Crippen molar-refractivity contribution in [2.24, 2.45) is 0 Å². The molecular formula is C27H29Cl2N3O. The average molecular weight is 482 g/mol. The highest BCUT2D eigenvalue weighted by Crippen LogP contribution is 2.41. The number of aromatic nitrogens is 1. The molecule has 4 rings (SSSR count). The first kappa shape index (κ1) is 23.7. The largest absolute Gasteiger partial charge is 0.300 e. The van der Waals surface area contributed by atoms with Gasteiger partial charge >= 0.3 is 0 Å². The summed E-state index contributed by atoms with van der Waals surface area (Å²) in [4.78, 5) is 21.5. The number of hydrogen-bond acceptors (Lipinski definition) is 3. The van der Waals surface area contributed by atoms with Gasteiger partial charge < -0.3 is 0 Å². The van der Waals surface area contributed by atoms with Crippen LogP contribution in [0.1, 0.15) is 43.4 Å². The van der Waals surface area contributed by atoms with E-state index in [1.54, 1.807) is 6.20 Å². The summed E-state index contributed by atoms with van der Waals surface area (Å²) in [6.07, 6.45) is 3.85. The van der Waals surface area contributed by atoms with Gasteiger partial charge in [0.1, 0.15) is 5.82 Å². The van der Waals surface area contributed by atoms with E-state index >= 15 is 0 Å². The van der Waals surface area contributed by atoms with Gasteiger partial charge in [0.15, 0.2) is 0 Å². The van der Waals surface area contributed by atoms with E-state index in [0.717, 1.165) is 24.9 Å². The molecule has 2 aromatic carbocycles. The van der Waals surface area contributed by atoms with Crippen molar-refractivity contribution in [1.82, 2.24) is 9.88 Å². The van der Waals surface area contributed by atoms with Gasteiger partial charge in [-0.3, -0.25) is 14.6 Å². The minimum Gasteiger partial charge on any atom is -0.300 e. The zero-order chi connectivity index (χ0) is 23.4. The maximum atomic E-state index is 12.9. The number of nitrogens with zero attached hydrogens (tertiary/aromatic N) is 3. The molecule has 33 heavy (non-hydrogen) atoms. The van der Waals surface area contributed by atoms with Gasteiger partial charge in [-0.15, -0.1) is 0 Å². The van der Waals surface area contributed by atoms with Crippen molar-refractivity contribution in [2.45, 2.75) is 37.6 Å². The summed E-state index contributed by atoms with van der Waals surface area (Å²) >= 11 is 12.7. The third-order valence-corrected chi connectivity index (χ3v) is 7.66. The quantitative estimate of drug-likeness (QED) is 0.384. The van der Waals surface area contributed by atoms with Crippen molar-refractivity contribution >= 4 is 34.9 Å². The lowest BCUT2D eigenvalue weighted by Gasteiger charge is -2.44. The maximum Gasteiger partial charge on any atom is 0.228 e. The lowest BCUT2D eigenvalue weighted by atomic mass is 9.71. The van der Waals surface area contributed by atoms with Crippen molar-refractivity contribution < 1.29 is 4.79 Å². The van der Waals surface area contributed by atoms with Gasteiger partial charge in [-0.05, 0) is 68.8 Å². The fraction of sp³-hybridized carbons (Fsp3) is 0.333. The van der Waals surface area contributed by atoms with E-state index in [0.29, 0.717) is 28.8 Å². The molecule has 0 aliphatic carbocycles. The number of anilines is 1. The zero-order valence-electron chi connectivity index (χ0n) is 19.0. The Bertz CT molecular complexity index is 1090. The van der Waals surface area contributed by atoms with Crippen LogP contribution in [0.2, 0.25) is 10.0 Å². The fourth-order valence-electron chi connectivity index (χ4n) is 4.65. The van der Waals surface area contributed by atoms with Crippen LogP contribution in [-0.4, -0.2) is 35.9 Å². The molecule has 0 bridgehead atoms. The Kier molecular flexibility index (Phi) is 7.38. The number of amides is 1. The normalized spacial score (nSPS) is 19.7. The summed E-state index contributed by atoms with van der Waals surface area (Å²) in [5, 5.41) is 1.08. The van der Waals surface area contributed by atoms with E-state index in [9.17, 15) is 4.79 Å². The van der Waals surface area contributed by atoms with Crippen LogP contribution in [0.4, 0.5) is 5.82 Å². The molecule has 1 aromatic heterocycles. The van der Waals surface area contributed by atoms with E-state index in [1.807, 2.05) is 41.3 Å². The van der Waals surface area contributed by atoms with Gasteiger partial charge in [-0.2, -0.15) is 0 Å². The molecule has 6 heteroatoms. The van der Waals surface area contributed by atoms with Crippen molar-refractivity contribution in [3.63, 3.8) is 0 Å². The lowest BCUT2D eigenvalue weighted by Crippen LogP contribution is -2.50. The highest BCUT2D eigenvalue weighted by molar-refractivity contribution is 6.42. The van der Waals surface area contributed by atoms with E-state index in [-0.39, 0.29) is 17.4 Å². The summed E-state index contributed by atoms with van der Waals surface area (Å²) in [6.45, 7) is 3.67. The van der Waals surface area contributed by atoms with Crippen LogP contribution in [-0.2, 0) is 10.2 Å². The molecule has 0 radical (unpaired) electrons. The van der Waals surface area contributed by atoms with Crippen LogP contribution in [0.5, 0.6) is 0 Å². The molecule has 2 heterocycles. The number of hydrogen-bond donors (Lipinski definition) is 0. The van der Waals surface area contributed by atoms with Crippen LogP contribution in [0.3, 0.4) is 0 Å². The van der Waals surface area contributed by atoms with E-state index < -0.39 is 0 Å². The van der Waals surface area contributed by atoms with Crippen molar-refractivity contribution in [1.29, 1.82) is 0 Å². The van der Waals surface area contributed by atoms with Crippen LogP contribution >= 0.6 is 23.2 Å². The topological polar surface area (TPSA) is 36.4 Å². The molecular weight excluding hydrogens is 453 g/mol. The zero-order valence-corrected chi connectivity index (χ0v) is 20.6. The second-order valence-corrected chi connectivity index (χ2v) is 9.71. The molecule has 4 nitrogen and oxygen atoms in total. The van der Waals surface area contributed by atoms with Gasteiger partial charge in [0.05, 0.1) is 10.0 Å². The Hall–Kier alpha value is -2.40. The van der Waals surface area contributed by atoms with Crippen LogP contribution in [0.25, 0.3) is 0 Å². The second-order valence-electron chi connectivity index (χ2n) is 8.89. The molecule has 3 aromatic rings. The Morgan fingerprint density at radius 3 is 2.52 bits per heavy atom. The third kappa shape index (κ3) is 5.24. The Morgan fingerprint density at radius 1 is 1.06 bits per heavy atom. The predicted molar refractivity (Wildman–Crippen MR) is 136 cm³/mol. The molecule has 0 saturated carbocycles. The molecule has 0 spiro atoms. The SMILES string of the molecule is CC(c1ccccc1)N(C)CCC1(c2ccc(Cl)c(Cl)c2)CCC(=O)N(c2ccccn2)C1. The summed E-state index contributed by atoms with van der Waals surface area (Å²) in [6, 6.07) is 22.4. The average Bonchev–Trinajstić information content (AvgIpc) is 2.86. The highest BCUT2D eigenvalue weighted by Gasteiger charge is 2.41. The summed E-state index contributed by atoms with van der Waals surface area (Å²) in [5.74, 6) is 0.799. The molecule has 1 aliphatic rings. The van der Waals surface area contributed by atoms with Crippen molar-refractivity contribution in [3.05, 3.63) is 94.1 Å². The number of piperidine rings is 1. The van der Waals surface area contributed by atoms with Gasteiger partial charge in [-0.25, -0.2) is 4.98 Å². The van der Waals surface area contributed by atoms with Crippen molar-refractivity contribution in [3.8, 4) is 0 Å². The first-order valence-electron chi connectivity index (χ1n) is 11.3. The highest BCUT2D eigenvalue weighted by atomic mass is 35.5. The minimum atomic E-state index is -0.246. The minimum absolute atomic E-state index is 0.107. The number of pyridine rings is 1. The summed E-state index contributed by atoms with van der Waals surface area (Å²) in [5.41, 5.74) is 2.16. The molecule has 2 atom stereocenters. The number of halogens is 2. The van der Waals surface area contributed by atoms with E-state index in [1.165, 1.54) is 5.56 Å². The Balaban J connectivity index is 1.63. The molecule has 1 amide bonds. The molecule has 0 N–H and O–H groups in total. The Morgan fingerprint density at radius 2 is 1.82 bits per heavy atom. The number of carbonyl (C=O) groups excluding carboxylic acids is 1. The first-order valence-corrected chi connectivity index (χ1v) is 12.1. The maximum absolute atomic E-state index is 12.9. The van der Waals surface area contributed by atoms with Gasteiger partial charge in [0.25, 0.3) is 0 Å². The third-order valence-electron chi connectivity index (χ3n) is 6.92. The molecule has 2 unspecified atom stereocenters.